The van der Waals surface area contributed by atoms with Crippen molar-refractivity contribution in [2.75, 3.05) is 26.8 Å². The molecule has 1 heterocycles. The van der Waals surface area contributed by atoms with Gasteiger partial charge in [-0.15, -0.1) is 24.8 Å². The van der Waals surface area contributed by atoms with Gasteiger partial charge in [0.25, 0.3) is 0 Å². The maximum absolute atomic E-state index is 11.5. The number of amides is 1. The summed E-state index contributed by atoms with van der Waals surface area (Å²) in [6.07, 6.45) is 1.38. The molecular weight excluding hydrogens is 376 g/mol. The quantitative estimate of drug-likeness (QED) is 0.659. The van der Waals surface area contributed by atoms with E-state index >= 15 is 0 Å². The van der Waals surface area contributed by atoms with Gasteiger partial charge < -0.3 is 20.5 Å². The molecule has 3 N–H and O–H groups in total. The van der Waals surface area contributed by atoms with Crippen molar-refractivity contribution in [3.8, 4) is 5.88 Å². The summed E-state index contributed by atoms with van der Waals surface area (Å²) in [4.78, 5) is 15.5. The summed E-state index contributed by atoms with van der Waals surface area (Å²) in [6.45, 7) is 0.881. The normalized spacial score (nSPS) is 10.9. The fraction of sp³-hybridized carbons (Fsp3) is 0.500. The Morgan fingerprint density at radius 3 is 2.68 bits per heavy atom. The molecule has 10 heteroatoms. The zero-order valence-corrected chi connectivity index (χ0v) is 15.0. The predicted octanol–water partition coefficient (Wildman–Crippen LogP) is 2.09. The van der Waals surface area contributed by atoms with Crippen molar-refractivity contribution >= 4 is 53.9 Å². The monoisotopic (exact) mass is 393 g/mol. The third kappa shape index (κ3) is 8.82. The Bertz CT molecular complexity index is 448. The van der Waals surface area contributed by atoms with Crippen LogP contribution in [-0.2, 0) is 9.53 Å². The Kier molecular flexibility index (Phi) is 14.0. The molecule has 0 bridgehead atoms. The molecule has 1 aromatic rings. The van der Waals surface area contributed by atoms with Gasteiger partial charge in [0.05, 0.1) is 24.1 Å². The molecule has 0 spiro atoms. The molecule has 0 aliphatic heterocycles. The first-order valence-corrected chi connectivity index (χ1v) is 6.75. The highest BCUT2D eigenvalue weighted by Gasteiger charge is 2.11. The molecule has 1 atom stereocenters. The lowest BCUT2D eigenvalue weighted by Crippen LogP contribution is -2.34. The van der Waals surface area contributed by atoms with Crippen LogP contribution in [-0.4, -0.2) is 43.8 Å². The minimum absolute atomic E-state index is 0. The van der Waals surface area contributed by atoms with Crippen LogP contribution in [0.5, 0.6) is 5.88 Å². The lowest BCUT2D eigenvalue weighted by Gasteiger charge is -2.12. The lowest BCUT2D eigenvalue weighted by molar-refractivity contribution is -0.123. The molecular formula is C12H19Cl4N3O3. The average Bonchev–Trinajstić information content (AvgIpc) is 2.42. The fourth-order valence-electron chi connectivity index (χ4n) is 1.39. The van der Waals surface area contributed by atoms with Gasteiger partial charge in [0.15, 0.2) is 0 Å². The second-order valence-electron chi connectivity index (χ2n) is 3.94. The molecule has 0 aliphatic rings. The first-order valence-electron chi connectivity index (χ1n) is 6.00. The van der Waals surface area contributed by atoms with Gasteiger partial charge in [-0.1, -0.05) is 23.2 Å². The number of nitrogens with two attached hydrogens (primary N) is 1. The number of hydrogen-bond acceptors (Lipinski definition) is 5. The molecule has 0 fully saturated rings. The summed E-state index contributed by atoms with van der Waals surface area (Å²) < 4.78 is 10.3. The first kappa shape index (κ1) is 23.8. The highest BCUT2D eigenvalue weighted by molar-refractivity contribution is 6.35. The summed E-state index contributed by atoms with van der Waals surface area (Å²) in [5.41, 5.74) is 5.43. The summed E-state index contributed by atoms with van der Waals surface area (Å²) in [5, 5.41) is 3.45. The molecule has 1 amide bonds. The molecule has 0 radical (unpaired) electrons. The number of carbonyl (C=O) groups excluding carboxylic acids is 1. The van der Waals surface area contributed by atoms with E-state index in [1.807, 2.05) is 0 Å². The van der Waals surface area contributed by atoms with E-state index in [-0.39, 0.29) is 55.7 Å². The number of aromatic nitrogens is 1. The topological polar surface area (TPSA) is 86.5 Å². The maximum atomic E-state index is 11.5. The van der Waals surface area contributed by atoms with Gasteiger partial charge in [-0.2, -0.15) is 0 Å². The van der Waals surface area contributed by atoms with Crippen molar-refractivity contribution in [2.24, 2.45) is 5.73 Å². The fourth-order valence-corrected chi connectivity index (χ4v) is 1.82. The van der Waals surface area contributed by atoms with Gasteiger partial charge in [0.2, 0.25) is 11.8 Å². The molecule has 6 nitrogen and oxygen atoms in total. The largest absolute Gasteiger partial charge is 0.475 e. The molecule has 0 saturated heterocycles. The van der Waals surface area contributed by atoms with Crippen LogP contribution in [0.4, 0.5) is 0 Å². The van der Waals surface area contributed by atoms with Gasteiger partial charge in [-0.25, -0.2) is 4.98 Å². The van der Waals surface area contributed by atoms with Crippen molar-refractivity contribution in [1.29, 1.82) is 0 Å². The number of nitrogens with one attached hydrogen (secondary N) is 1. The van der Waals surface area contributed by atoms with Gasteiger partial charge in [-0.3, -0.25) is 4.79 Å². The van der Waals surface area contributed by atoms with E-state index in [0.717, 1.165) is 0 Å². The van der Waals surface area contributed by atoms with Crippen LogP contribution in [0.25, 0.3) is 0 Å². The number of nitrogens with zero attached hydrogens (tertiary/aromatic N) is 1. The van der Waals surface area contributed by atoms with Crippen LogP contribution in [0, 0.1) is 0 Å². The number of pyridine rings is 1. The molecule has 1 rings (SSSR count). The zero-order valence-electron chi connectivity index (χ0n) is 11.9. The number of ether oxygens (including phenoxy) is 2. The van der Waals surface area contributed by atoms with E-state index in [2.05, 4.69) is 10.3 Å². The van der Waals surface area contributed by atoms with Crippen LogP contribution < -0.4 is 15.8 Å². The summed E-state index contributed by atoms with van der Waals surface area (Å²) in [6, 6.07) is 1.54. The van der Waals surface area contributed by atoms with Crippen LogP contribution in [0.3, 0.4) is 0 Å². The summed E-state index contributed by atoms with van der Waals surface area (Å²) in [5.74, 6) is 0.128. The first-order chi connectivity index (χ1) is 9.56. The van der Waals surface area contributed by atoms with Crippen molar-refractivity contribution in [2.45, 2.75) is 12.5 Å². The zero-order chi connectivity index (χ0) is 15.0. The Morgan fingerprint density at radius 2 is 2.14 bits per heavy atom. The summed E-state index contributed by atoms with van der Waals surface area (Å²) >= 11 is 11.6. The third-order valence-electron chi connectivity index (χ3n) is 2.45. The third-order valence-corrected chi connectivity index (χ3v) is 2.92. The predicted molar refractivity (Wildman–Crippen MR) is 91.7 cm³/mol. The second kappa shape index (κ2) is 13.0. The number of rotatable bonds is 8. The standard InChI is InChI=1S/C12H17Cl2N3O3.2ClH/c1-19-9(6-15)5-11(18)16-2-3-20-12-10(14)4-8(13)7-17-12;;/h4,7,9H,2-3,5-6,15H2,1H3,(H,16,18);2*1H. The van der Waals surface area contributed by atoms with E-state index < -0.39 is 0 Å². The number of hydrogen-bond donors (Lipinski definition) is 2. The Morgan fingerprint density at radius 1 is 1.45 bits per heavy atom. The van der Waals surface area contributed by atoms with E-state index in [4.69, 9.17) is 38.4 Å². The molecule has 128 valence electrons. The Labute approximate surface area is 151 Å². The molecule has 0 aromatic carbocycles. The molecule has 0 aliphatic carbocycles. The van der Waals surface area contributed by atoms with Gasteiger partial charge >= 0.3 is 0 Å². The highest BCUT2D eigenvalue weighted by Crippen LogP contribution is 2.24. The van der Waals surface area contributed by atoms with E-state index in [1.54, 1.807) is 0 Å². The molecule has 1 aromatic heterocycles. The van der Waals surface area contributed by atoms with E-state index in [1.165, 1.54) is 19.4 Å². The van der Waals surface area contributed by atoms with Crippen molar-refractivity contribution < 1.29 is 14.3 Å². The van der Waals surface area contributed by atoms with Crippen molar-refractivity contribution in [1.82, 2.24) is 10.3 Å². The van der Waals surface area contributed by atoms with Crippen molar-refractivity contribution in [3.05, 3.63) is 22.3 Å². The summed E-state index contributed by atoms with van der Waals surface area (Å²) in [7, 11) is 1.52. The molecule has 1 unspecified atom stereocenters. The maximum Gasteiger partial charge on any atom is 0.232 e. The van der Waals surface area contributed by atoms with Crippen molar-refractivity contribution in [3.63, 3.8) is 0 Å². The number of carbonyl (C=O) groups is 1. The SMILES string of the molecule is COC(CN)CC(=O)NCCOc1ncc(Cl)cc1Cl.Cl.Cl. The minimum Gasteiger partial charge on any atom is -0.475 e. The van der Waals surface area contributed by atoms with Crippen LogP contribution in [0.15, 0.2) is 12.3 Å². The van der Waals surface area contributed by atoms with Crippen LogP contribution in [0.1, 0.15) is 6.42 Å². The van der Waals surface area contributed by atoms with E-state index in [0.29, 0.717) is 23.1 Å². The Hall–Kier alpha value is -0.500. The highest BCUT2D eigenvalue weighted by atomic mass is 35.5. The molecule has 0 saturated carbocycles. The molecule has 22 heavy (non-hydrogen) atoms. The lowest BCUT2D eigenvalue weighted by atomic mass is 10.2. The average molecular weight is 395 g/mol. The second-order valence-corrected chi connectivity index (χ2v) is 4.78. The van der Waals surface area contributed by atoms with Gasteiger partial charge in [0.1, 0.15) is 11.6 Å². The number of methoxy groups -OCH3 is 1. The van der Waals surface area contributed by atoms with Crippen LogP contribution in [0.2, 0.25) is 10.0 Å². The van der Waals surface area contributed by atoms with Gasteiger partial charge in [0, 0.05) is 19.9 Å². The number of halogens is 4. The Balaban J connectivity index is 0. The van der Waals surface area contributed by atoms with Crippen LogP contribution >= 0.6 is 48.0 Å². The van der Waals surface area contributed by atoms with E-state index in [9.17, 15) is 4.79 Å². The minimum atomic E-state index is -0.275. The van der Waals surface area contributed by atoms with Gasteiger partial charge in [-0.05, 0) is 6.07 Å². The smallest absolute Gasteiger partial charge is 0.232 e.